The van der Waals surface area contributed by atoms with Crippen LogP contribution in [0.15, 0.2) is 24.4 Å². The summed E-state index contributed by atoms with van der Waals surface area (Å²) in [6, 6.07) is 5.40. The zero-order chi connectivity index (χ0) is 22.8. The normalized spacial score (nSPS) is 17.5. The maximum atomic E-state index is 15.0. The standard InChI is InChI=1S/C24H31FN8/c1-31-10-5-11-32(13-12-31)21-9-8-17(14-19(21)25)15-22-29-23(26)33(30-22)24-27-16-18-6-3-2-4-7-20(18)28-24/h8-9,14,16H,2-7,10-13,15H2,1H3,(H2,26,29,30). The number of hydrogen-bond donors (Lipinski definition) is 1. The van der Waals surface area contributed by atoms with Crippen molar-refractivity contribution in [3.63, 3.8) is 0 Å². The number of anilines is 2. The van der Waals surface area contributed by atoms with E-state index in [0.29, 0.717) is 23.9 Å². The van der Waals surface area contributed by atoms with E-state index in [2.05, 4.69) is 31.9 Å². The molecule has 1 fully saturated rings. The molecule has 0 spiro atoms. The summed E-state index contributed by atoms with van der Waals surface area (Å²) in [6.45, 7) is 3.67. The molecular weight excluding hydrogens is 419 g/mol. The van der Waals surface area contributed by atoms with Crippen LogP contribution in [0.2, 0.25) is 0 Å². The number of nitrogens with zero attached hydrogens (tertiary/aromatic N) is 7. The van der Waals surface area contributed by atoms with Crippen LogP contribution in [0.25, 0.3) is 5.95 Å². The predicted octanol–water partition coefficient (Wildman–Crippen LogP) is 2.78. The first-order valence-electron chi connectivity index (χ1n) is 11.9. The van der Waals surface area contributed by atoms with E-state index in [1.54, 1.807) is 6.07 Å². The summed E-state index contributed by atoms with van der Waals surface area (Å²) in [5.74, 6) is 0.997. The molecule has 2 aromatic heterocycles. The maximum Gasteiger partial charge on any atom is 0.254 e. The molecular formula is C24H31FN8. The Balaban J connectivity index is 1.33. The summed E-state index contributed by atoms with van der Waals surface area (Å²) in [4.78, 5) is 18.0. The Morgan fingerprint density at radius 1 is 1.00 bits per heavy atom. The van der Waals surface area contributed by atoms with Gasteiger partial charge in [-0.2, -0.15) is 9.67 Å². The van der Waals surface area contributed by atoms with Gasteiger partial charge in [-0.05, 0) is 69.0 Å². The van der Waals surface area contributed by atoms with Gasteiger partial charge in [0.25, 0.3) is 5.95 Å². The van der Waals surface area contributed by atoms with Crippen LogP contribution >= 0.6 is 0 Å². The molecule has 9 heteroatoms. The monoisotopic (exact) mass is 450 g/mol. The van der Waals surface area contributed by atoms with Crippen LogP contribution in [0.3, 0.4) is 0 Å². The van der Waals surface area contributed by atoms with Gasteiger partial charge < -0.3 is 15.5 Å². The molecule has 1 aromatic carbocycles. The van der Waals surface area contributed by atoms with Gasteiger partial charge in [0.1, 0.15) is 5.82 Å². The highest BCUT2D eigenvalue weighted by Gasteiger charge is 2.18. The number of nitrogens with two attached hydrogens (primary N) is 1. The molecule has 2 N–H and O–H groups in total. The lowest BCUT2D eigenvalue weighted by Crippen LogP contribution is -2.29. The molecule has 0 atom stereocenters. The van der Waals surface area contributed by atoms with E-state index in [9.17, 15) is 4.39 Å². The van der Waals surface area contributed by atoms with Crippen LogP contribution in [0.4, 0.5) is 16.0 Å². The molecule has 3 heterocycles. The van der Waals surface area contributed by atoms with Crippen molar-refractivity contribution in [2.24, 2.45) is 0 Å². The molecule has 0 amide bonds. The minimum atomic E-state index is -0.210. The van der Waals surface area contributed by atoms with Crippen LogP contribution in [0.5, 0.6) is 0 Å². The zero-order valence-corrected chi connectivity index (χ0v) is 19.2. The third-order valence-electron chi connectivity index (χ3n) is 6.60. The number of benzene rings is 1. The molecule has 0 radical (unpaired) electrons. The Kier molecular flexibility index (Phi) is 6.22. The molecule has 0 unspecified atom stereocenters. The summed E-state index contributed by atoms with van der Waals surface area (Å²) in [5, 5.41) is 4.53. The highest BCUT2D eigenvalue weighted by Crippen LogP contribution is 2.24. The predicted molar refractivity (Wildman–Crippen MR) is 126 cm³/mol. The van der Waals surface area contributed by atoms with Gasteiger partial charge in [-0.1, -0.05) is 12.5 Å². The van der Waals surface area contributed by atoms with Crippen molar-refractivity contribution in [3.05, 3.63) is 52.9 Å². The molecule has 1 aliphatic heterocycles. The van der Waals surface area contributed by atoms with Gasteiger partial charge in [0.05, 0.1) is 5.69 Å². The molecule has 0 saturated carbocycles. The first-order chi connectivity index (χ1) is 16.1. The fraction of sp³-hybridized carbons (Fsp3) is 0.500. The van der Waals surface area contributed by atoms with Gasteiger partial charge in [-0.3, -0.25) is 0 Å². The van der Waals surface area contributed by atoms with Gasteiger partial charge >= 0.3 is 0 Å². The first-order valence-corrected chi connectivity index (χ1v) is 11.9. The van der Waals surface area contributed by atoms with E-state index in [1.807, 2.05) is 18.3 Å². The minimum Gasteiger partial charge on any atom is -0.368 e. The van der Waals surface area contributed by atoms with E-state index in [-0.39, 0.29) is 11.8 Å². The average molecular weight is 451 g/mol. The van der Waals surface area contributed by atoms with Crippen LogP contribution in [0.1, 0.15) is 48.3 Å². The summed E-state index contributed by atoms with van der Waals surface area (Å²) >= 11 is 0. The number of likely N-dealkylation sites (N-methyl/N-ethyl adjacent to an activating group) is 1. The summed E-state index contributed by atoms with van der Waals surface area (Å²) in [6.07, 6.45) is 8.80. The Morgan fingerprint density at radius 2 is 1.88 bits per heavy atom. The highest BCUT2D eigenvalue weighted by molar-refractivity contribution is 5.50. The number of aromatic nitrogens is 5. The second-order valence-corrected chi connectivity index (χ2v) is 9.11. The van der Waals surface area contributed by atoms with Crippen LogP contribution in [-0.4, -0.2) is 62.9 Å². The number of hydrogen-bond acceptors (Lipinski definition) is 7. The molecule has 0 bridgehead atoms. The molecule has 1 aliphatic carbocycles. The number of fused-ring (bicyclic) bond motifs is 1. The Hall–Kier alpha value is -3.07. The number of aryl methyl sites for hydroxylation is 2. The van der Waals surface area contributed by atoms with Gasteiger partial charge in [-0.25, -0.2) is 14.4 Å². The maximum absolute atomic E-state index is 15.0. The number of nitrogen functional groups attached to an aromatic ring is 1. The Labute approximate surface area is 193 Å². The van der Waals surface area contributed by atoms with Gasteiger partial charge in [0.2, 0.25) is 5.95 Å². The Morgan fingerprint density at radius 3 is 2.76 bits per heavy atom. The van der Waals surface area contributed by atoms with Gasteiger partial charge in [-0.15, -0.1) is 5.10 Å². The lowest BCUT2D eigenvalue weighted by molar-refractivity contribution is 0.360. The van der Waals surface area contributed by atoms with E-state index in [4.69, 9.17) is 10.7 Å². The third kappa shape index (κ3) is 4.83. The van der Waals surface area contributed by atoms with Crippen molar-refractivity contribution in [2.75, 3.05) is 43.9 Å². The highest BCUT2D eigenvalue weighted by atomic mass is 19.1. The molecule has 33 heavy (non-hydrogen) atoms. The van der Waals surface area contributed by atoms with Crippen molar-refractivity contribution in [1.82, 2.24) is 29.6 Å². The van der Waals surface area contributed by atoms with E-state index < -0.39 is 0 Å². The second kappa shape index (κ2) is 9.43. The fourth-order valence-corrected chi connectivity index (χ4v) is 4.72. The van der Waals surface area contributed by atoms with E-state index >= 15 is 0 Å². The molecule has 1 saturated heterocycles. The van der Waals surface area contributed by atoms with Gasteiger partial charge in [0, 0.05) is 37.9 Å². The zero-order valence-electron chi connectivity index (χ0n) is 19.2. The van der Waals surface area contributed by atoms with E-state index in [0.717, 1.165) is 63.1 Å². The van der Waals surface area contributed by atoms with Crippen molar-refractivity contribution < 1.29 is 4.39 Å². The molecule has 3 aromatic rings. The second-order valence-electron chi connectivity index (χ2n) is 9.11. The molecule has 8 nitrogen and oxygen atoms in total. The van der Waals surface area contributed by atoms with E-state index in [1.165, 1.54) is 23.1 Å². The molecule has 5 rings (SSSR count). The minimum absolute atomic E-state index is 0.210. The van der Waals surface area contributed by atoms with Crippen LogP contribution in [0, 0.1) is 5.82 Å². The van der Waals surface area contributed by atoms with Crippen molar-refractivity contribution >= 4 is 11.6 Å². The summed E-state index contributed by atoms with van der Waals surface area (Å²) in [5.41, 5.74) is 9.89. The van der Waals surface area contributed by atoms with Crippen molar-refractivity contribution in [1.29, 1.82) is 0 Å². The lowest BCUT2D eigenvalue weighted by Gasteiger charge is -2.23. The number of halogens is 1. The largest absolute Gasteiger partial charge is 0.368 e. The molecule has 174 valence electrons. The smallest absolute Gasteiger partial charge is 0.254 e. The van der Waals surface area contributed by atoms with Crippen LogP contribution < -0.4 is 10.6 Å². The van der Waals surface area contributed by atoms with Crippen molar-refractivity contribution in [3.8, 4) is 5.95 Å². The third-order valence-corrected chi connectivity index (χ3v) is 6.60. The lowest BCUT2D eigenvalue weighted by atomic mass is 10.1. The summed E-state index contributed by atoms with van der Waals surface area (Å²) in [7, 11) is 2.11. The van der Waals surface area contributed by atoms with Gasteiger partial charge in [0.15, 0.2) is 5.82 Å². The SMILES string of the molecule is CN1CCCN(c2ccc(Cc3nc(N)n(-c4ncc5c(n4)CCCCC5)n3)cc2F)CC1. The molecule has 2 aliphatic rings. The Bertz CT molecular complexity index is 1130. The van der Waals surface area contributed by atoms with Crippen LogP contribution in [-0.2, 0) is 19.3 Å². The average Bonchev–Trinajstić information content (AvgIpc) is 2.97. The van der Waals surface area contributed by atoms with Crippen molar-refractivity contribution in [2.45, 2.75) is 44.9 Å². The summed E-state index contributed by atoms with van der Waals surface area (Å²) < 4.78 is 16.4. The quantitative estimate of drug-likeness (QED) is 0.612. The topological polar surface area (TPSA) is 89.0 Å². The first kappa shape index (κ1) is 21.8. The fourth-order valence-electron chi connectivity index (χ4n) is 4.72. The number of rotatable bonds is 4.